The van der Waals surface area contributed by atoms with E-state index in [0.717, 1.165) is 36.4 Å². The molecular formula is C27H24N6O. The van der Waals surface area contributed by atoms with Gasteiger partial charge in [-0.25, -0.2) is 9.67 Å². The van der Waals surface area contributed by atoms with Crippen LogP contribution in [-0.4, -0.2) is 56.7 Å². The van der Waals surface area contributed by atoms with Crippen molar-refractivity contribution in [3.8, 4) is 23.1 Å². The zero-order valence-corrected chi connectivity index (χ0v) is 18.7. The van der Waals surface area contributed by atoms with Crippen LogP contribution in [0.3, 0.4) is 0 Å². The van der Waals surface area contributed by atoms with Crippen LogP contribution in [0.15, 0.2) is 84.9 Å². The summed E-state index contributed by atoms with van der Waals surface area (Å²) in [5.74, 6) is 0.711. The van der Waals surface area contributed by atoms with Gasteiger partial charge in [0.1, 0.15) is 0 Å². The summed E-state index contributed by atoms with van der Waals surface area (Å²) in [6, 6.07) is 29.4. The van der Waals surface area contributed by atoms with Crippen molar-refractivity contribution in [1.29, 1.82) is 5.26 Å². The minimum Gasteiger partial charge on any atom is -0.333 e. The predicted octanol–water partition coefficient (Wildman–Crippen LogP) is 3.76. The van der Waals surface area contributed by atoms with E-state index in [9.17, 15) is 4.79 Å². The molecule has 1 aliphatic heterocycles. The third kappa shape index (κ3) is 4.58. The van der Waals surface area contributed by atoms with Crippen molar-refractivity contribution in [2.24, 2.45) is 0 Å². The third-order valence-electron chi connectivity index (χ3n) is 5.98. The largest absolute Gasteiger partial charge is 0.333 e. The molecular weight excluding hydrogens is 424 g/mol. The molecule has 0 aliphatic carbocycles. The van der Waals surface area contributed by atoms with Crippen LogP contribution in [-0.2, 0) is 6.54 Å². The molecule has 1 saturated heterocycles. The first-order valence-corrected chi connectivity index (χ1v) is 11.3. The fourth-order valence-electron chi connectivity index (χ4n) is 4.12. The molecule has 1 amide bonds. The third-order valence-corrected chi connectivity index (χ3v) is 5.98. The molecule has 0 N–H and O–H groups in total. The number of nitriles is 1. The second-order valence-corrected chi connectivity index (χ2v) is 8.25. The Hall–Kier alpha value is -4.28. The molecule has 1 aromatic heterocycles. The van der Waals surface area contributed by atoms with Crippen molar-refractivity contribution in [2.45, 2.75) is 6.54 Å². The first-order valence-electron chi connectivity index (χ1n) is 11.3. The van der Waals surface area contributed by atoms with Gasteiger partial charge in [-0.1, -0.05) is 60.7 Å². The normalized spacial score (nSPS) is 14.0. The van der Waals surface area contributed by atoms with Gasteiger partial charge in [-0.2, -0.15) is 5.26 Å². The molecule has 0 unspecified atom stereocenters. The number of rotatable bonds is 5. The van der Waals surface area contributed by atoms with E-state index >= 15 is 0 Å². The molecule has 0 spiro atoms. The molecule has 7 nitrogen and oxygen atoms in total. The summed E-state index contributed by atoms with van der Waals surface area (Å²) in [6.07, 6.45) is 0. The molecule has 1 fully saturated rings. The van der Waals surface area contributed by atoms with Crippen molar-refractivity contribution in [3.05, 3.63) is 102 Å². The molecule has 2 heterocycles. The summed E-state index contributed by atoms with van der Waals surface area (Å²) in [6.45, 7) is 3.59. The molecule has 0 atom stereocenters. The van der Waals surface area contributed by atoms with Gasteiger partial charge in [0.05, 0.1) is 17.3 Å². The van der Waals surface area contributed by atoms with Gasteiger partial charge >= 0.3 is 0 Å². The lowest BCUT2D eigenvalue weighted by Crippen LogP contribution is -2.48. The van der Waals surface area contributed by atoms with Crippen LogP contribution in [0, 0.1) is 11.3 Å². The quantitative estimate of drug-likeness (QED) is 0.465. The van der Waals surface area contributed by atoms with E-state index < -0.39 is 0 Å². The highest BCUT2D eigenvalue weighted by molar-refractivity contribution is 5.91. The highest BCUT2D eigenvalue weighted by Gasteiger charge is 2.26. The lowest BCUT2D eigenvalue weighted by molar-refractivity contribution is 0.0616. The van der Waals surface area contributed by atoms with Gasteiger partial charge in [-0.05, 0) is 29.8 Å². The Balaban J connectivity index is 1.31. The number of amides is 1. The number of para-hydroxylation sites is 1. The smallest absolute Gasteiger partial charge is 0.293 e. The second-order valence-electron chi connectivity index (χ2n) is 8.25. The fraction of sp³-hybridized carbons (Fsp3) is 0.185. The zero-order valence-electron chi connectivity index (χ0n) is 18.7. The SMILES string of the molecule is N#Cc1ccc(CN2CCN(C(=O)c3nc(-c4ccccc4)n(-c4ccccc4)n3)CC2)cc1. The standard InChI is InChI=1S/C27H24N6O/c28-19-21-11-13-22(14-12-21)20-31-15-17-32(18-16-31)27(34)25-29-26(23-7-3-1-4-8-23)33(30-25)24-9-5-2-6-10-24/h1-14H,15-18,20H2. The van der Waals surface area contributed by atoms with Gasteiger partial charge in [-0.3, -0.25) is 9.69 Å². The van der Waals surface area contributed by atoms with Crippen LogP contribution >= 0.6 is 0 Å². The lowest BCUT2D eigenvalue weighted by Gasteiger charge is -2.34. The topological polar surface area (TPSA) is 78.0 Å². The fourth-order valence-corrected chi connectivity index (χ4v) is 4.12. The molecule has 168 valence electrons. The number of hydrogen-bond donors (Lipinski definition) is 0. The second kappa shape index (κ2) is 9.69. The lowest BCUT2D eigenvalue weighted by atomic mass is 10.1. The van der Waals surface area contributed by atoms with Gasteiger partial charge < -0.3 is 4.90 Å². The average Bonchev–Trinajstić information content (AvgIpc) is 3.36. The van der Waals surface area contributed by atoms with E-state index in [1.165, 1.54) is 0 Å². The highest BCUT2D eigenvalue weighted by atomic mass is 16.2. The van der Waals surface area contributed by atoms with Crippen molar-refractivity contribution >= 4 is 5.91 Å². The maximum absolute atomic E-state index is 13.3. The molecule has 34 heavy (non-hydrogen) atoms. The number of aromatic nitrogens is 3. The van der Waals surface area contributed by atoms with Crippen LogP contribution < -0.4 is 0 Å². The number of carbonyl (C=O) groups excluding carboxylic acids is 1. The van der Waals surface area contributed by atoms with Crippen molar-refractivity contribution in [3.63, 3.8) is 0 Å². The molecule has 0 bridgehead atoms. The first-order chi connectivity index (χ1) is 16.7. The molecule has 7 heteroatoms. The Morgan fingerprint density at radius 2 is 1.50 bits per heavy atom. The van der Waals surface area contributed by atoms with E-state index in [2.05, 4.69) is 21.1 Å². The van der Waals surface area contributed by atoms with Crippen LogP contribution in [0.4, 0.5) is 0 Å². The summed E-state index contributed by atoms with van der Waals surface area (Å²) in [5, 5.41) is 13.6. The molecule has 1 aliphatic rings. The van der Waals surface area contributed by atoms with E-state index in [1.807, 2.05) is 89.8 Å². The van der Waals surface area contributed by atoms with Gasteiger partial charge in [-0.15, -0.1) is 5.10 Å². The number of benzene rings is 3. The minimum absolute atomic E-state index is 0.148. The Morgan fingerprint density at radius 3 is 2.15 bits per heavy atom. The maximum atomic E-state index is 13.3. The van der Waals surface area contributed by atoms with Crippen molar-refractivity contribution in [1.82, 2.24) is 24.6 Å². The number of hydrogen-bond acceptors (Lipinski definition) is 5. The average molecular weight is 449 g/mol. The Morgan fingerprint density at radius 1 is 0.853 bits per heavy atom. The molecule has 3 aromatic carbocycles. The number of piperazine rings is 1. The van der Waals surface area contributed by atoms with E-state index in [0.29, 0.717) is 24.5 Å². The van der Waals surface area contributed by atoms with E-state index in [1.54, 1.807) is 4.68 Å². The number of carbonyl (C=O) groups is 1. The first kappa shape index (κ1) is 21.6. The predicted molar refractivity (Wildman–Crippen MR) is 129 cm³/mol. The molecule has 4 aromatic rings. The molecule has 0 radical (unpaired) electrons. The van der Waals surface area contributed by atoms with Gasteiger partial charge in [0, 0.05) is 38.3 Å². The highest BCUT2D eigenvalue weighted by Crippen LogP contribution is 2.22. The maximum Gasteiger partial charge on any atom is 0.293 e. The van der Waals surface area contributed by atoms with Crippen LogP contribution in [0.1, 0.15) is 21.7 Å². The molecule has 5 rings (SSSR count). The summed E-state index contributed by atoms with van der Waals surface area (Å²) in [4.78, 5) is 22.1. The van der Waals surface area contributed by atoms with Gasteiger partial charge in [0.15, 0.2) is 5.82 Å². The van der Waals surface area contributed by atoms with Crippen molar-refractivity contribution in [2.75, 3.05) is 26.2 Å². The van der Waals surface area contributed by atoms with Crippen LogP contribution in [0.2, 0.25) is 0 Å². The van der Waals surface area contributed by atoms with Gasteiger partial charge in [0.25, 0.3) is 5.91 Å². The summed E-state index contributed by atoms with van der Waals surface area (Å²) < 4.78 is 1.74. The summed E-state index contributed by atoms with van der Waals surface area (Å²) >= 11 is 0. The molecule has 0 saturated carbocycles. The van der Waals surface area contributed by atoms with Crippen molar-refractivity contribution < 1.29 is 4.79 Å². The Bertz CT molecular complexity index is 1240. The monoisotopic (exact) mass is 448 g/mol. The Labute approximate surface area is 198 Å². The van der Waals surface area contributed by atoms with Crippen LogP contribution in [0.5, 0.6) is 0 Å². The number of nitrogens with zero attached hydrogens (tertiary/aromatic N) is 6. The summed E-state index contributed by atoms with van der Waals surface area (Å²) in [7, 11) is 0. The Kier molecular flexibility index (Phi) is 6.15. The van der Waals surface area contributed by atoms with E-state index in [4.69, 9.17) is 5.26 Å². The van der Waals surface area contributed by atoms with E-state index in [-0.39, 0.29) is 11.7 Å². The summed E-state index contributed by atoms with van der Waals surface area (Å²) in [5.41, 5.74) is 3.59. The van der Waals surface area contributed by atoms with Gasteiger partial charge in [0.2, 0.25) is 5.82 Å². The van der Waals surface area contributed by atoms with Crippen LogP contribution in [0.25, 0.3) is 17.1 Å². The minimum atomic E-state index is -0.148. The zero-order chi connectivity index (χ0) is 23.3.